The van der Waals surface area contributed by atoms with E-state index in [4.69, 9.17) is 10.2 Å². The van der Waals surface area contributed by atoms with Crippen LogP contribution in [0.4, 0.5) is 0 Å². The van der Waals surface area contributed by atoms with E-state index >= 15 is 0 Å². The highest BCUT2D eigenvalue weighted by Gasteiger charge is 2.23. The summed E-state index contributed by atoms with van der Waals surface area (Å²) in [6.07, 6.45) is 1.09. The molecule has 1 heterocycles. The maximum atomic E-state index is 8.98. The summed E-state index contributed by atoms with van der Waals surface area (Å²) in [4.78, 5) is 3.51. The van der Waals surface area contributed by atoms with E-state index in [-0.39, 0.29) is 13.2 Å². The van der Waals surface area contributed by atoms with E-state index in [1.807, 2.05) is 11.8 Å². The molecule has 1 aliphatic heterocycles. The molecule has 1 aromatic rings. The van der Waals surface area contributed by atoms with Crippen molar-refractivity contribution in [1.82, 2.24) is 4.90 Å². The minimum Gasteiger partial charge on any atom is -0.395 e. The summed E-state index contributed by atoms with van der Waals surface area (Å²) in [7, 11) is 0. The molecule has 0 spiro atoms. The molecule has 0 amide bonds. The molecule has 0 bridgehead atoms. The van der Waals surface area contributed by atoms with Crippen molar-refractivity contribution in [1.29, 1.82) is 0 Å². The van der Waals surface area contributed by atoms with E-state index < -0.39 is 0 Å². The molecule has 1 aromatic carbocycles. The van der Waals surface area contributed by atoms with E-state index in [1.165, 1.54) is 10.5 Å². The maximum Gasteiger partial charge on any atom is 0.0558 e. The van der Waals surface area contributed by atoms with Gasteiger partial charge in [0, 0.05) is 29.8 Å². The van der Waals surface area contributed by atoms with Crippen LogP contribution in [0.15, 0.2) is 29.2 Å². The van der Waals surface area contributed by atoms with Crippen molar-refractivity contribution >= 4 is 11.8 Å². The van der Waals surface area contributed by atoms with Gasteiger partial charge in [-0.25, -0.2) is 0 Å². The number of hydrogen-bond acceptors (Lipinski definition) is 4. The number of rotatable bonds is 6. The number of thioether (sulfide) groups is 1. The molecule has 1 atom stereocenters. The second-order valence-electron chi connectivity index (χ2n) is 4.30. The molecule has 0 aliphatic carbocycles. The summed E-state index contributed by atoms with van der Waals surface area (Å²) in [5.41, 5.74) is 1.43. The number of benzene rings is 1. The van der Waals surface area contributed by atoms with Crippen LogP contribution in [0.2, 0.25) is 0 Å². The Kier molecular flexibility index (Phi) is 4.86. The predicted molar refractivity (Wildman–Crippen MR) is 70.4 cm³/mol. The minimum absolute atomic E-state index is 0.157. The Bertz CT molecular complexity index is 328. The van der Waals surface area contributed by atoms with Crippen molar-refractivity contribution in [3.05, 3.63) is 29.8 Å². The number of fused-ring (bicyclic) bond motifs is 1. The fraction of sp³-hybridized carbons (Fsp3) is 0.538. The third-order valence-electron chi connectivity index (χ3n) is 3.01. The summed E-state index contributed by atoms with van der Waals surface area (Å²) in [5, 5.41) is 18.5. The second-order valence-corrected chi connectivity index (χ2v) is 5.64. The lowest BCUT2D eigenvalue weighted by molar-refractivity contribution is 0.161. The zero-order valence-electron chi connectivity index (χ0n) is 9.88. The average molecular weight is 253 g/mol. The highest BCUT2D eigenvalue weighted by Crippen LogP contribution is 2.36. The second kappa shape index (κ2) is 6.40. The summed E-state index contributed by atoms with van der Waals surface area (Å²) in [5.74, 6) is 0. The summed E-state index contributed by atoms with van der Waals surface area (Å²) >= 11 is 1.91. The van der Waals surface area contributed by atoms with Crippen LogP contribution in [0, 0.1) is 0 Å². The van der Waals surface area contributed by atoms with E-state index in [9.17, 15) is 0 Å². The number of hydrogen-bond donors (Lipinski definition) is 2. The average Bonchev–Trinajstić information content (AvgIpc) is 2.71. The molecular weight excluding hydrogens is 234 g/mol. The first-order valence-corrected chi connectivity index (χ1v) is 6.90. The van der Waals surface area contributed by atoms with Gasteiger partial charge in [-0.3, -0.25) is 4.90 Å². The van der Waals surface area contributed by atoms with Crippen molar-refractivity contribution in [2.45, 2.75) is 16.6 Å². The monoisotopic (exact) mass is 253 g/mol. The Balaban J connectivity index is 1.89. The molecule has 1 aliphatic rings. The van der Waals surface area contributed by atoms with Crippen LogP contribution in [0.5, 0.6) is 0 Å². The highest BCUT2D eigenvalue weighted by atomic mass is 32.2. The van der Waals surface area contributed by atoms with Gasteiger partial charge in [-0.1, -0.05) is 18.2 Å². The van der Waals surface area contributed by atoms with Crippen molar-refractivity contribution in [3.63, 3.8) is 0 Å². The Morgan fingerprint density at radius 2 is 1.88 bits per heavy atom. The first-order chi connectivity index (χ1) is 8.33. The molecule has 0 fully saturated rings. The van der Waals surface area contributed by atoms with E-state index in [0.717, 1.165) is 13.0 Å². The third kappa shape index (κ3) is 3.45. The standard InChI is InChI=1S/C13H19NO2S/c15-7-5-14(6-8-16)10-12-9-11-3-1-2-4-13(11)17-12/h1-4,12,15-16H,5-10H2. The molecule has 0 saturated carbocycles. The summed E-state index contributed by atoms with van der Waals surface area (Å²) in [6.45, 7) is 2.54. The predicted octanol–water partition coefficient (Wildman–Crippen LogP) is 0.990. The molecule has 2 rings (SSSR count). The topological polar surface area (TPSA) is 43.7 Å². The molecule has 94 valence electrons. The molecule has 0 aromatic heterocycles. The quantitative estimate of drug-likeness (QED) is 0.793. The van der Waals surface area contributed by atoms with Gasteiger partial charge in [0.15, 0.2) is 0 Å². The Labute approximate surface area is 106 Å². The summed E-state index contributed by atoms with van der Waals surface area (Å²) < 4.78 is 0. The van der Waals surface area contributed by atoms with Gasteiger partial charge in [0.05, 0.1) is 13.2 Å². The normalized spacial score (nSPS) is 18.6. The highest BCUT2D eigenvalue weighted by molar-refractivity contribution is 8.00. The lowest BCUT2D eigenvalue weighted by Gasteiger charge is -2.23. The molecule has 1 unspecified atom stereocenters. The SMILES string of the molecule is OCCN(CCO)CC1Cc2ccccc2S1. The van der Waals surface area contributed by atoms with Crippen molar-refractivity contribution in [2.75, 3.05) is 32.8 Å². The van der Waals surface area contributed by atoms with Crippen LogP contribution in [-0.4, -0.2) is 53.2 Å². The van der Waals surface area contributed by atoms with E-state index in [2.05, 4.69) is 29.2 Å². The Morgan fingerprint density at radius 3 is 2.53 bits per heavy atom. The first-order valence-electron chi connectivity index (χ1n) is 6.02. The molecule has 4 heteroatoms. The summed E-state index contributed by atoms with van der Waals surface area (Å²) in [6, 6.07) is 8.52. The lowest BCUT2D eigenvalue weighted by Crippen LogP contribution is -2.35. The Hall–Kier alpha value is -0.550. The molecular formula is C13H19NO2S. The van der Waals surface area contributed by atoms with Crippen LogP contribution in [0.3, 0.4) is 0 Å². The maximum absolute atomic E-state index is 8.98. The Morgan fingerprint density at radius 1 is 1.18 bits per heavy atom. The third-order valence-corrected chi connectivity index (χ3v) is 4.31. The van der Waals surface area contributed by atoms with Crippen LogP contribution < -0.4 is 0 Å². The van der Waals surface area contributed by atoms with Gasteiger partial charge in [-0.15, -0.1) is 11.8 Å². The van der Waals surface area contributed by atoms with E-state index in [1.54, 1.807) is 0 Å². The van der Waals surface area contributed by atoms with E-state index in [0.29, 0.717) is 18.3 Å². The van der Waals surface area contributed by atoms with Gasteiger partial charge in [0.25, 0.3) is 0 Å². The number of nitrogens with zero attached hydrogens (tertiary/aromatic N) is 1. The van der Waals surface area contributed by atoms with Gasteiger partial charge >= 0.3 is 0 Å². The minimum atomic E-state index is 0.157. The van der Waals surface area contributed by atoms with Crippen molar-refractivity contribution in [3.8, 4) is 0 Å². The van der Waals surface area contributed by atoms with Crippen molar-refractivity contribution in [2.24, 2.45) is 0 Å². The molecule has 17 heavy (non-hydrogen) atoms. The van der Waals surface area contributed by atoms with Gasteiger partial charge in [0.1, 0.15) is 0 Å². The molecule has 0 radical (unpaired) electrons. The van der Waals surface area contributed by atoms with Crippen LogP contribution >= 0.6 is 11.8 Å². The lowest BCUT2D eigenvalue weighted by atomic mass is 10.1. The van der Waals surface area contributed by atoms with Gasteiger partial charge in [-0.05, 0) is 18.1 Å². The first kappa shape index (κ1) is 12.9. The number of aliphatic hydroxyl groups excluding tert-OH is 2. The van der Waals surface area contributed by atoms with Gasteiger partial charge in [-0.2, -0.15) is 0 Å². The van der Waals surface area contributed by atoms with Gasteiger partial charge in [0.2, 0.25) is 0 Å². The smallest absolute Gasteiger partial charge is 0.0558 e. The molecule has 2 N–H and O–H groups in total. The fourth-order valence-corrected chi connectivity index (χ4v) is 3.59. The van der Waals surface area contributed by atoms with Crippen molar-refractivity contribution < 1.29 is 10.2 Å². The van der Waals surface area contributed by atoms with Crippen LogP contribution in [-0.2, 0) is 6.42 Å². The van der Waals surface area contributed by atoms with Crippen LogP contribution in [0.25, 0.3) is 0 Å². The zero-order chi connectivity index (χ0) is 12.1. The van der Waals surface area contributed by atoms with Crippen LogP contribution in [0.1, 0.15) is 5.56 Å². The number of aliphatic hydroxyl groups is 2. The fourth-order valence-electron chi connectivity index (χ4n) is 2.22. The zero-order valence-corrected chi connectivity index (χ0v) is 10.7. The molecule has 0 saturated heterocycles. The van der Waals surface area contributed by atoms with Gasteiger partial charge < -0.3 is 10.2 Å². The molecule has 3 nitrogen and oxygen atoms in total. The largest absolute Gasteiger partial charge is 0.395 e.